The lowest BCUT2D eigenvalue weighted by Crippen LogP contribution is -2.38. The van der Waals surface area contributed by atoms with E-state index in [1.165, 1.54) is 10.8 Å². The van der Waals surface area contributed by atoms with E-state index >= 15 is 0 Å². The highest BCUT2D eigenvalue weighted by Gasteiger charge is 2.16. The Labute approximate surface area is 68.7 Å². The summed E-state index contributed by atoms with van der Waals surface area (Å²) < 4.78 is 5.64. The Bertz CT molecular complexity index is 259. The highest BCUT2D eigenvalue weighted by atomic mass is 28.3. The Morgan fingerprint density at radius 3 is 3.00 bits per heavy atom. The van der Waals surface area contributed by atoms with Crippen LogP contribution < -0.4 is 5.19 Å². The summed E-state index contributed by atoms with van der Waals surface area (Å²) in [6.45, 7) is 3.18. The van der Waals surface area contributed by atoms with Gasteiger partial charge in [0.15, 0.2) is 0 Å². The maximum Gasteiger partial charge on any atom is 0.205 e. The zero-order valence-electron chi connectivity index (χ0n) is 6.71. The van der Waals surface area contributed by atoms with E-state index in [2.05, 4.69) is 30.8 Å². The van der Waals surface area contributed by atoms with Gasteiger partial charge in [0.25, 0.3) is 0 Å². The smallest absolute Gasteiger partial charge is 0.205 e. The Hall–Kier alpha value is -0.603. The number of fused-ring (bicyclic) bond motifs is 1. The summed E-state index contributed by atoms with van der Waals surface area (Å²) in [5, 5.41) is 1.50. The first-order valence-corrected chi connectivity index (χ1v) is 6.27. The predicted molar refractivity (Wildman–Crippen MR) is 48.7 cm³/mol. The molecule has 1 aromatic rings. The van der Waals surface area contributed by atoms with E-state index in [0.29, 0.717) is 0 Å². The first-order chi connectivity index (χ1) is 5.38. The third-order valence-corrected chi connectivity index (χ3v) is 4.41. The highest BCUT2D eigenvalue weighted by Crippen LogP contribution is 2.06. The van der Waals surface area contributed by atoms with E-state index in [9.17, 15) is 0 Å². The molecule has 0 radical (unpaired) electrons. The van der Waals surface area contributed by atoms with Crippen molar-refractivity contribution in [3.63, 3.8) is 0 Å². The molecule has 0 saturated carbocycles. The topological polar surface area (TPSA) is 9.23 Å². The summed E-state index contributed by atoms with van der Waals surface area (Å²) in [7, 11) is -0.992. The predicted octanol–water partition coefficient (Wildman–Crippen LogP) is 0.820. The summed E-state index contributed by atoms with van der Waals surface area (Å²) in [6, 6.07) is 8.66. The normalized spacial score (nSPS) is 22.8. The van der Waals surface area contributed by atoms with Crippen LogP contribution in [0.1, 0.15) is 5.56 Å². The van der Waals surface area contributed by atoms with Gasteiger partial charge in [0.05, 0.1) is 0 Å². The minimum Gasteiger partial charge on any atom is -0.415 e. The fourth-order valence-corrected chi connectivity index (χ4v) is 3.39. The first-order valence-electron chi connectivity index (χ1n) is 4.07. The standard InChI is InChI=1S/C9H12OSi/c1-11-9-5-3-2-4-8(9)6-7-10-11/h2-5,11H,6-7H2,1H3. The largest absolute Gasteiger partial charge is 0.415 e. The van der Waals surface area contributed by atoms with Gasteiger partial charge in [0.1, 0.15) is 0 Å². The van der Waals surface area contributed by atoms with Crippen LogP contribution in [0.15, 0.2) is 24.3 Å². The fraction of sp³-hybridized carbons (Fsp3) is 0.333. The van der Waals surface area contributed by atoms with Crippen LogP contribution in [0.4, 0.5) is 0 Å². The number of rotatable bonds is 0. The number of hydrogen-bond acceptors (Lipinski definition) is 1. The van der Waals surface area contributed by atoms with E-state index in [0.717, 1.165) is 13.0 Å². The van der Waals surface area contributed by atoms with Crippen molar-refractivity contribution >= 4 is 14.2 Å². The average molecular weight is 164 g/mol. The Balaban J connectivity index is 2.44. The molecule has 1 heterocycles. The summed E-state index contributed by atoms with van der Waals surface area (Å²) in [4.78, 5) is 0. The molecule has 0 N–H and O–H groups in total. The third kappa shape index (κ3) is 1.24. The molecule has 1 atom stereocenters. The van der Waals surface area contributed by atoms with Gasteiger partial charge in [0, 0.05) is 6.61 Å². The Kier molecular flexibility index (Phi) is 1.80. The van der Waals surface area contributed by atoms with Crippen LogP contribution in [0.5, 0.6) is 0 Å². The molecule has 58 valence electrons. The molecule has 0 fully saturated rings. The Morgan fingerprint density at radius 2 is 2.18 bits per heavy atom. The third-order valence-electron chi connectivity index (χ3n) is 2.23. The molecule has 0 bridgehead atoms. The van der Waals surface area contributed by atoms with Gasteiger partial charge in [-0.1, -0.05) is 24.3 Å². The molecule has 1 aliphatic rings. The van der Waals surface area contributed by atoms with Crippen molar-refractivity contribution in [3.8, 4) is 0 Å². The summed E-state index contributed by atoms with van der Waals surface area (Å²) >= 11 is 0. The molecular weight excluding hydrogens is 152 g/mol. The van der Waals surface area contributed by atoms with E-state index < -0.39 is 9.04 Å². The highest BCUT2D eigenvalue weighted by molar-refractivity contribution is 6.66. The number of benzene rings is 1. The van der Waals surface area contributed by atoms with Crippen molar-refractivity contribution in [1.29, 1.82) is 0 Å². The van der Waals surface area contributed by atoms with Crippen molar-refractivity contribution in [3.05, 3.63) is 29.8 Å². The van der Waals surface area contributed by atoms with Crippen LogP contribution in [0.25, 0.3) is 0 Å². The van der Waals surface area contributed by atoms with E-state index in [4.69, 9.17) is 4.43 Å². The van der Waals surface area contributed by atoms with Crippen molar-refractivity contribution < 1.29 is 4.43 Å². The van der Waals surface area contributed by atoms with Gasteiger partial charge in [-0.25, -0.2) is 0 Å². The van der Waals surface area contributed by atoms with E-state index in [1.807, 2.05) is 0 Å². The zero-order chi connectivity index (χ0) is 7.68. The summed E-state index contributed by atoms with van der Waals surface area (Å²) in [5.41, 5.74) is 1.51. The number of hydrogen-bond donors (Lipinski definition) is 0. The molecule has 1 nitrogen and oxygen atoms in total. The molecule has 2 heteroatoms. The lowest BCUT2D eigenvalue weighted by Gasteiger charge is -2.21. The minimum absolute atomic E-state index is 0.935. The van der Waals surface area contributed by atoms with Crippen LogP contribution in [0.3, 0.4) is 0 Å². The van der Waals surface area contributed by atoms with Gasteiger partial charge < -0.3 is 4.43 Å². The zero-order valence-corrected chi connectivity index (χ0v) is 7.86. The van der Waals surface area contributed by atoms with E-state index in [-0.39, 0.29) is 0 Å². The first kappa shape index (κ1) is 7.07. The molecule has 0 saturated heterocycles. The molecular formula is C9H12OSi. The maximum atomic E-state index is 5.64. The maximum absolute atomic E-state index is 5.64. The summed E-state index contributed by atoms with van der Waals surface area (Å²) in [5.74, 6) is 0. The van der Waals surface area contributed by atoms with Crippen molar-refractivity contribution in [2.24, 2.45) is 0 Å². The molecule has 1 unspecified atom stereocenters. The second kappa shape index (κ2) is 2.79. The van der Waals surface area contributed by atoms with Crippen LogP contribution in [0, 0.1) is 0 Å². The van der Waals surface area contributed by atoms with Crippen LogP contribution >= 0.6 is 0 Å². The van der Waals surface area contributed by atoms with Crippen LogP contribution in [0.2, 0.25) is 6.55 Å². The van der Waals surface area contributed by atoms with Gasteiger partial charge in [-0.05, 0) is 23.7 Å². The molecule has 11 heavy (non-hydrogen) atoms. The van der Waals surface area contributed by atoms with Gasteiger partial charge in [0.2, 0.25) is 9.04 Å². The van der Waals surface area contributed by atoms with Crippen molar-refractivity contribution in [1.82, 2.24) is 0 Å². The van der Waals surface area contributed by atoms with Gasteiger partial charge >= 0.3 is 0 Å². The lowest BCUT2D eigenvalue weighted by molar-refractivity contribution is 0.327. The second-order valence-electron chi connectivity index (χ2n) is 2.96. The minimum atomic E-state index is -0.992. The molecule has 0 aromatic heterocycles. The van der Waals surface area contributed by atoms with Crippen molar-refractivity contribution in [2.75, 3.05) is 6.61 Å². The van der Waals surface area contributed by atoms with Crippen LogP contribution in [-0.2, 0) is 10.8 Å². The molecule has 0 aliphatic carbocycles. The van der Waals surface area contributed by atoms with Gasteiger partial charge in [-0.2, -0.15) is 0 Å². The monoisotopic (exact) mass is 164 g/mol. The summed E-state index contributed by atoms with van der Waals surface area (Å²) in [6.07, 6.45) is 1.10. The molecule has 0 spiro atoms. The Morgan fingerprint density at radius 1 is 1.36 bits per heavy atom. The molecule has 1 aromatic carbocycles. The molecule has 2 rings (SSSR count). The molecule has 1 aliphatic heterocycles. The lowest BCUT2D eigenvalue weighted by atomic mass is 10.2. The van der Waals surface area contributed by atoms with E-state index in [1.54, 1.807) is 0 Å². The SMILES string of the molecule is C[SiH]1OCCc2ccccc21. The second-order valence-corrected chi connectivity index (χ2v) is 5.20. The fourth-order valence-electron chi connectivity index (χ4n) is 1.59. The van der Waals surface area contributed by atoms with Gasteiger partial charge in [-0.3, -0.25) is 0 Å². The quantitative estimate of drug-likeness (QED) is 0.516. The average Bonchev–Trinajstić information content (AvgIpc) is 2.06. The molecule has 0 amide bonds. The van der Waals surface area contributed by atoms with Crippen LogP contribution in [-0.4, -0.2) is 15.6 Å². The van der Waals surface area contributed by atoms with Gasteiger partial charge in [-0.15, -0.1) is 0 Å². The van der Waals surface area contributed by atoms with Crippen molar-refractivity contribution in [2.45, 2.75) is 13.0 Å².